The van der Waals surface area contributed by atoms with Gasteiger partial charge in [0.15, 0.2) is 0 Å². The van der Waals surface area contributed by atoms with E-state index in [1.807, 2.05) is 76.0 Å². The number of rotatable bonds is 11. The summed E-state index contributed by atoms with van der Waals surface area (Å²) in [5.74, 6) is -1.02. The molecular formula is C34H42N4O5. The molecule has 1 N–H and O–H groups in total. The monoisotopic (exact) mass is 586 g/mol. The van der Waals surface area contributed by atoms with Crippen LogP contribution < -0.4 is 10.2 Å². The number of hydrogen-bond donors (Lipinski definition) is 1. The van der Waals surface area contributed by atoms with Gasteiger partial charge >= 0.3 is 6.03 Å². The zero-order valence-corrected chi connectivity index (χ0v) is 25.8. The molecule has 4 rings (SSSR count). The number of ether oxygens (including phenoxy) is 1. The lowest BCUT2D eigenvalue weighted by molar-refractivity contribution is -0.137. The first-order valence-corrected chi connectivity index (χ1v) is 14.7. The summed E-state index contributed by atoms with van der Waals surface area (Å²) in [5, 5.41) is 2.97. The van der Waals surface area contributed by atoms with Crippen molar-refractivity contribution in [1.29, 1.82) is 0 Å². The molecule has 2 aliphatic rings. The summed E-state index contributed by atoms with van der Waals surface area (Å²) in [5.41, 5.74) is 3.01. The van der Waals surface area contributed by atoms with Crippen LogP contribution in [0.3, 0.4) is 0 Å². The lowest BCUT2D eigenvalue weighted by Crippen LogP contribution is -2.46. The van der Waals surface area contributed by atoms with Crippen molar-refractivity contribution >= 4 is 41.6 Å². The van der Waals surface area contributed by atoms with Crippen LogP contribution in [0.4, 0.5) is 10.5 Å². The minimum Gasteiger partial charge on any atom is -0.375 e. The topological polar surface area (TPSA) is 99.3 Å². The summed E-state index contributed by atoms with van der Waals surface area (Å²) in [6.07, 6.45) is 7.81. The zero-order chi connectivity index (χ0) is 31.2. The van der Waals surface area contributed by atoms with E-state index in [4.69, 9.17) is 4.74 Å². The Morgan fingerprint density at radius 1 is 0.884 bits per heavy atom. The highest BCUT2D eigenvalue weighted by atomic mass is 16.5. The van der Waals surface area contributed by atoms with Gasteiger partial charge in [-0.3, -0.25) is 24.2 Å². The predicted octanol–water partition coefficient (Wildman–Crippen LogP) is 5.01. The molecule has 2 aromatic rings. The number of amides is 5. The zero-order valence-electron chi connectivity index (χ0n) is 25.8. The molecule has 228 valence electrons. The SMILES string of the molecule is CN(CCC(C)(C)OCCC(C)(C)NC(=O)CCN1C(=O)C=CC1=O)C(=O)N1Cc2ccccc2/C=C\c2ccccc21. The maximum absolute atomic E-state index is 13.8. The first-order chi connectivity index (χ1) is 20.3. The molecule has 9 nitrogen and oxygen atoms in total. The summed E-state index contributed by atoms with van der Waals surface area (Å²) >= 11 is 0. The number of benzene rings is 2. The molecule has 0 saturated heterocycles. The highest BCUT2D eigenvalue weighted by Gasteiger charge is 2.28. The van der Waals surface area contributed by atoms with Crippen LogP contribution >= 0.6 is 0 Å². The molecule has 0 radical (unpaired) electrons. The summed E-state index contributed by atoms with van der Waals surface area (Å²) < 4.78 is 6.21. The molecule has 2 aliphatic heterocycles. The Balaban J connectivity index is 1.27. The van der Waals surface area contributed by atoms with Gasteiger partial charge in [-0.15, -0.1) is 0 Å². The van der Waals surface area contributed by atoms with Gasteiger partial charge in [0.05, 0.1) is 17.8 Å². The second-order valence-electron chi connectivity index (χ2n) is 12.3. The summed E-state index contributed by atoms with van der Waals surface area (Å²) in [4.78, 5) is 54.3. The van der Waals surface area contributed by atoms with Gasteiger partial charge in [-0.05, 0) is 63.3 Å². The van der Waals surface area contributed by atoms with E-state index in [0.29, 0.717) is 32.5 Å². The molecule has 0 aliphatic carbocycles. The minimum absolute atomic E-state index is 0.0403. The largest absolute Gasteiger partial charge is 0.375 e. The predicted molar refractivity (Wildman–Crippen MR) is 168 cm³/mol. The summed E-state index contributed by atoms with van der Waals surface area (Å²) in [6, 6.07) is 16.0. The number of urea groups is 1. The fourth-order valence-electron chi connectivity index (χ4n) is 5.08. The second kappa shape index (κ2) is 13.4. The molecule has 0 unspecified atom stereocenters. The molecule has 0 fully saturated rings. The van der Waals surface area contributed by atoms with E-state index in [0.717, 1.165) is 27.3 Å². The van der Waals surface area contributed by atoms with Crippen LogP contribution in [0.2, 0.25) is 0 Å². The second-order valence-corrected chi connectivity index (χ2v) is 12.3. The number of carbonyl (C=O) groups excluding carboxylic acids is 4. The number of para-hydroxylation sites is 1. The van der Waals surface area contributed by atoms with Crippen molar-refractivity contribution in [3.05, 3.63) is 77.4 Å². The van der Waals surface area contributed by atoms with Gasteiger partial charge in [0.1, 0.15) is 0 Å². The molecule has 9 heteroatoms. The van der Waals surface area contributed by atoms with E-state index in [1.165, 1.54) is 12.2 Å². The van der Waals surface area contributed by atoms with Crippen molar-refractivity contribution in [2.24, 2.45) is 0 Å². The quantitative estimate of drug-likeness (QED) is 0.373. The molecule has 0 spiro atoms. The maximum atomic E-state index is 13.8. The van der Waals surface area contributed by atoms with Gasteiger partial charge in [0.25, 0.3) is 11.8 Å². The lowest BCUT2D eigenvalue weighted by Gasteiger charge is -2.34. The van der Waals surface area contributed by atoms with Crippen LogP contribution in [0.25, 0.3) is 12.2 Å². The Morgan fingerprint density at radius 2 is 1.51 bits per heavy atom. The van der Waals surface area contributed by atoms with Gasteiger partial charge in [-0.1, -0.05) is 54.6 Å². The Bertz CT molecular complexity index is 1410. The third-order valence-electron chi connectivity index (χ3n) is 7.82. The Kier molecular flexibility index (Phi) is 9.86. The van der Waals surface area contributed by atoms with Crippen LogP contribution in [-0.4, -0.2) is 71.4 Å². The maximum Gasteiger partial charge on any atom is 0.324 e. The molecule has 0 saturated carbocycles. The number of anilines is 1. The molecule has 2 heterocycles. The van der Waals surface area contributed by atoms with E-state index in [1.54, 1.807) is 4.90 Å². The van der Waals surface area contributed by atoms with Crippen molar-refractivity contribution < 1.29 is 23.9 Å². The normalized spacial score (nSPS) is 15.5. The summed E-state index contributed by atoms with van der Waals surface area (Å²) in [7, 11) is 1.82. The number of hydrogen-bond acceptors (Lipinski definition) is 5. The standard InChI is InChI=1S/C34H42N4O5/c1-33(2,35-29(39)18-21-37-30(40)16-17-31(37)41)20-23-43-34(3,4)19-22-36(5)32(42)38-24-27-12-7-6-10-25(27)14-15-26-11-8-9-13-28(26)38/h6-17H,18-24H2,1-5H3,(H,35,39)/b15-14-. The Labute approximate surface area is 254 Å². The van der Waals surface area contributed by atoms with Crippen molar-refractivity contribution in [1.82, 2.24) is 15.1 Å². The smallest absolute Gasteiger partial charge is 0.324 e. The molecule has 0 aromatic heterocycles. The molecule has 0 atom stereocenters. The highest BCUT2D eigenvalue weighted by molar-refractivity contribution is 6.13. The molecule has 5 amide bonds. The van der Waals surface area contributed by atoms with Crippen molar-refractivity contribution in [3.8, 4) is 0 Å². The molecule has 43 heavy (non-hydrogen) atoms. The third-order valence-corrected chi connectivity index (χ3v) is 7.82. The highest BCUT2D eigenvalue weighted by Crippen LogP contribution is 2.30. The van der Waals surface area contributed by atoms with E-state index in [-0.39, 0.29) is 24.9 Å². The van der Waals surface area contributed by atoms with Crippen molar-refractivity contribution in [3.63, 3.8) is 0 Å². The van der Waals surface area contributed by atoms with Crippen molar-refractivity contribution in [2.75, 3.05) is 31.6 Å². The number of fused-ring (bicyclic) bond motifs is 2. The van der Waals surface area contributed by atoms with Gasteiger partial charge in [-0.25, -0.2) is 4.79 Å². The van der Waals surface area contributed by atoms with Crippen LogP contribution in [0.15, 0.2) is 60.7 Å². The van der Waals surface area contributed by atoms with Crippen molar-refractivity contribution in [2.45, 2.75) is 64.6 Å². The van der Waals surface area contributed by atoms with Crippen LogP contribution in [-0.2, 0) is 25.7 Å². The van der Waals surface area contributed by atoms with E-state index >= 15 is 0 Å². The Morgan fingerprint density at radius 3 is 2.23 bits per heavy atom. The number of carbonyl (C=O) groups is 4. The van der Waals surface area contributed by atoms with Gasteiger partial charge in [-0.2, -0.15) is 0 Å². The number of nitrogens with one attached hydrogen (secondary N) is 1. The molecule has 2 aromatic carbocycles. The fraction of sp³-hybridized carbons (Fsp3) is 0.412. The first kappa shape index (κ1) is 31.7. The minimum atomic E-state index is -0.541. The lowest BCUT2D eigenvalue weighted by atomic mass is 10.00. The Hall–Kier alpha value is -4.24. The number of nitrogens with zero attached hydrogens (tertiary/aromatic N) is 3. The van der Waals surface area contributed by atoms with Gasteiger partial charge in [0, 0.05) is 50.9 Å². The van der Waals surface area contributed by atoms with Crippen LogP contribution in [0, 0.1) is 0 Å². The van der Waals surface area contributed by atoms with E-state index in [9.17, 15) is 19.2 Å². The molecule has 0 bridgehead atoms. The average Bonchev–Trinajstić information content (AvgIpc) is 3.27. The third kappa shape index (κ3) is 8.41. The average molecular weight is 587 g/mol. The van der Waals surface area contributed by atoms with Gasteiger partial charge in [0.2, 0.25) is 5.91 Å². The van der Waals surface area contributed by atoms with Crippen LogP contribution in [0.5, 0.6) is 0 Å². The molecular weight excluding hydrogens is 544 g/mol. The number of imide groups is 1. The van der Waals surface area contributed by atoms with Crippen LogP contribution in [0.1, 0.15) is 63.6 Å². The van der Waals surface area contributed by atoms with E-state index < -0.39 is 23.0 Å². The van der Waals surface area contributed by atoms with Gasteiger partial charge < -0.3 is 15.0 Å². The van der Waals surface area contributed by atoms with E-state index in [2.05, 4.69) is 29.6 Å². The summed E-state index contributed by atoms with van der Waals surface area (Å²) in [6.45, 7) is 9.27. The fourth-order valence-corrected chi connectivity index (χ4v) is 5.08. The first-order valence-electron chi connectivity index (χ1n) is 14.7.